The summed E-state index contributed by atoms with van der Waals surface area (Å²) >= 11 is 5.32. The summed E-state index contributed by atoms with van der Waals surface area (Å²) in [6.45, 7) is 4.31. The molecule has 0 radical (unpaired) electrons. The average molecular weight is 292 g/mol. The number of hydrogen-bond acceptors (Lipinski definition) is 4. The lowest BCUT2D eigenvalue weighted by molar-refractivity contribution is -0.138. The molecule has 0 aromatic carbocycles. The van der Waals surface area contributed by atoms with Crippen molar-refractivity contribution >= 4 is 29.3 Å². The van der Waals surface area contributed by atoms with E-state index in [9.17, 15) is 4.79 Å². The van der Waals surface area contributed by atoms with Crippen LogP contribution in [0.15, 0.2) is 18.3 Å². The number of rotatable bonds is 2. The highest BCUT2D eigenvalue weighted by molar-refractivity contribution is 7.71. The molecule has 0 spiro atoms. The molecule has 2 aromatic rings. The van der Waals surface area contributed by atoms with Crippen molar-refractivity contribution in [2.24, 2.45) is 0 Å². The van der Waals surface area contributed by atoms with Gasteiger partial charge in [-0.3, -0.25) is 9.36 Å². The monoisotopic (exact) mass is 292 g/mol. The molecular weight excluding hydrogens is 276 g/mol. The minimum Gasteiger partial charge on any atom is -0.378 e. The van der Waals surface area contributed by atoms with E-state index in [1.54, 1.807) is 10.8 Å². The Morgan fingerprint density at radius 3 is 3.00 bits per heavy atom. The second kappa shape index (κ2) is 5.34. The van der Waals surface area contributed by atoms with Crippen molar-refractivity contribution in [2.75, 3.05) is 26.3 Å². The van der Waals surface area contributed by atoms with Crippen LogP contribution in [-0.4, -0.2) is 51.6 Å². The fraction of sp³-hybridized carbons (Fsp3) is 0.462. The molecule has 1 fully saturated rings. The highest BCUT2D eigenvalue weighted by atomic mass is 32.1. The fourth-order valence-corrected chi connectivity index (χ4v) is 2.83. The first kappa shape index (κ1) is 13.3. The van der Waals surface area contributed by atoms with Crippen molar-refractivity contribution in [1.82, 2.24) is 19.4 Å². The Kier molecular flexibility index (Phi) is 3.54. The summed E-state index contributed by atoms with van der Waals surface area (Å²) in [7, 11) is 0. The van der Waals surface area contributed by atoms with Gasteiger partial charge in [0.2, 0.25) is 5.91 Å². The molecule has 1 N–H and O–H groups in total. The maximum absolute atomic E-state index is 12.6. The van der Waals surface area contributed by atoms with Gasteiger partial charge in [-0.25, -0.2) is 4.98 Å². The number of carbonyl (C=O) groups excluding carboxylic acids is 1. The number of nitrogens with one attached hydrogen (secondary N) is 1. The van der Waals surface area contributed by atoms with Crippen LogP contribution in [-0.2, 0) is 9.53 Å². The number of imidazole rings is 1. The van der Waals surface area contributed by atoms with Crippen LogP contribution in [0.1, 0.15) is 13.0 Å². The predicted molar refractivity (Wildman–Crippen MR) is 77.0 cm³/mol. The predicted octanol–water partition coefficient (Wildman–Crippen LogP) is 1.51. The van der Waals surface area contributed by atoms with E-state index in [-0.39, 0.29) is 11.9 Å². The number of aromatic amines is 1. The number of H-pyrrole nitrogens is 1. The van der Waals surface area contributed by atoms with Gasteiger partial charge in [0.15, 0.2) is 10.4 Å². The third kappa shape index (κ3) is 2.23. The van der Waals surface area contributed by atoms with Gasteiger partial charge in [0.1, 0.15) is 6.04 Å². The van der Waals surface area contributed by atoms with Gasteiger partial charge in [-0.1, -0.05) is 0 Å². The molecule has 0 bridgehead atoms. The minimum absolute atomic E-state index is 0.0518. The molecule has 1 aliphatic heterocycles. The molecular formula is C13H16N4O2S. The first-order chi connectivity index (χ1) is 9.68. The number of hydrogen-bond donors (Lipinski definition) is 1. The van der Waals surface area contributed by atoms with Crippen LogP contribution in [0, 0.1) is 4.77 Å². The van der Waals surface area contributed by atoms with Crippen molar-refractivity contribution < 1.29 is 9.53 Å². The van der Waals surface area contributed by atoms with Crippen LogP contribution in [0.25, 0.3) is 11.2 Å². The molecule has 1 aliphatic rings. The van der Waals surface area contributed by atoms with E-state index >= 15 is 0 Å². The van der Waals surface area contributed by atoms with E-state index in [0.29, 0.717) is 36.7 Å². The third-order valence-electron chi connectivity index (χ3n) is 3.54. The third-order valence-corrected chi connectivity index (χ3v) is 3.84. The van der Waals surface area contributed by atoms with Crippen LogP contribution in [0.3, 0.4) is 0 Å². The van der Waals surface area contributed by atoms with Gasteiger partial charge < -0.3 is 14.6 Å². The summed E-state index contributed by atoms with van der Waals surface area (Å²) in [5.41, 5.74) is 1.56. The minimum atomic E-state index is -0.371. The number of fused-ring (bicyclic) bond motifs is 1. The van der Waals surface area contributed by atoms with Gasteiger partial charge in [0.05, 0.1) is 18.7 Å². The van der Waals surface area contributed by atoms with E-state index in [1.807, 2.05) is 24.0 Å². The molecule has 1 amide bonds. The van der Waals surface area contributed by atoms with E-state index in [0.717, 1.165) is 5.52 Å². The number of morpholine rings is 1. The van der Waals surface area contributed by atoms with Crippen LogP contribution in [0.4, 0.5) is 0 Å². The standard InChI is InChI=1S/C13H16N4O2S/c1-9(12(18)16-5-7-19-8-6-16)17-11-10(15-13(17)20)3-2-4-14-11/h2-4,9H,5-8H2,1H3,(H,15,20). The zero-order valence-corrected chi connectivity index (χ0v) is 12.0. The average Bonchev–Trinajstić information content (AvgIpc) is 2.82. The topological polar surface area (TPSA) is 63.1 Å². The quantitative estimate of drug-likeness (QED) is 0.852. The maximum atomic E-state index is 12.6. The number of nitrogens with zero attached hydrogens (tertiary/aromatic N) is 3. The SMILES string of the molecule is CC(C(=O)N1CCOCC1)n1c(=S)[nH]c2cccnc21. The van der Waals surface area contributed by atoms with Crippen LogP contribution >= 0.6 is 12.2 Å². The molecule has 1 atom stereocenters. The zero-order chi connectivity index (χ0) is 14.1. The first-order valence-electron chi connectivity index (χ1n) is 6.60. The smallest absolute Gasteiger partial charge is 0.245 e. The van der Waals surface area contributed by atoms with Crippen LogP contribution in [0.5, 0.6) is 0 Å². The molecule has 6 nitrogen and oxygen atoms in total. The summed E-state index contributed by atoms with van der Waals surface area (Å²) in [4.78, 5) is 21.8. The second-order valence-electron chi connectivity index (χ2n) is 4.79. The molecule has 3 heterocycles. The Morgan fingerprint density at radius 1 is 1.50 bits per heavy atom. The second-order valence-corrected chi connectivity index (χ2v) is 5.18. The van der Waals surface area contributed by atoms with Gasteiger partial charge in [-0.05, 0) is 31.3 Å². The zero-order valence-electron chi connectivity index (χ0n) is 11.2. The molecule has 7 heteroatoms. The summed E-state index contributed by atoms with van der Waals surface area (Å²) in [5, 5.41) is 0. The molecule has 0 aliphatic carbocycles. The molecule has 20 heavy (non-hydrogen) atoms. The number of pyridine rings is 1. The summed E-state index contributed by atoms with van der Waals surface area (Å²) in [6, 6.07) is 3.37. The van der Waals surface area contributed by atoms with E-state index in [4.69, 9.17) is 17.0 Å². The van der Waals surface area contributed by atoms with Crippen molar-refractivity contribution in [3.05, 3.63) is 23.1 Å². The lowest BCUT2D eigenvalue weighted by atomic mass is 10.2. The first-order valence-corrected chi connectivity index (χ1v) is 7.01. The molecule has 1 unspecified atom stereocenters. The fourth-order valence-electron chi connectivity index (χ4n) is 2.48. The molecule has 1 saturated heterocycles. The van der Waals surface area contributed by atoms with Crippen LogP contribution < -0.4 is 0 Å². The van der Waals surface area contributed by atoms with E-state index < -0.39 is 0 Å². The largest absolute Gasteiger partial charge is 0.378 e. The highest BCUT2D eigenvalue weighted by Crippen LogP contribution is 2.19. The molecule has 106 valence electrons. The lowest BCUT2D eigenvalue weighted by Gasteiger charge is -2.29. The Hall–Kier alpha value is -1.73. The number of ether oxygens (including phenoxy) is 1. The summed E-state index contributed by atoms with van der Waals surface area (Å²) in [6.07, 6.45) is 1.70. The van der Waals surface area contributed by atoms with Crippen molar-refractivity contribution in [2.45, 2.75) is 13.0 Å². The van der Waals surface area contributed by atoms with E-state index in [2.05, 4.69) is 9.97 Å². The Morgan fingerprint density at radius 2 is 2.25 bits per heavy atom. The number of carbonyl (C=O) groups is 1. The number of aromatic nitrogens is 3. The lowest BCUT2D eigenvalue weighted by Crippen LogP contribution is -2.43. The molecule has 3 rings (SSSR count). The van der Waals surface area contributed by atoms with Gasteiger partial charge in [0, 0.05) is 19.3 Å². The van der Waals surface area contributed by atoms with Gasteiger partial charge in [-0.2, -0.15) is 0 Å². The van der Waals surface area contributed by atoms with Crippen molar-refractivity contribution in [1.29, 1.82) is 0 Å². The van der Waals surface area contributed by atoms with Gasteiger partial charge >= 0.3 is 0 Å². The van der Waals surface area contributed by atoms with Crippen molar-refractivity contribution in [3.63, 3.8) is 0 Å². The summed E-state index contributed by atoms with van der Waals surface area (Å²) < 4.78 is 7.58. The van der Waals surface area contributed by atoms with Gasteiger partial charge in [-0.15, -0.1) is 0 Å². The summed E-state index contributed by atoms with van der Waals surface area (Å²) in [5.74, 6) is 0.0518. The Labute approximate surface area is 121 Å². The van der Waals surface area contributed by atoms with Gasteiger partial charge in [0.25, 0.3) is 0 Å². The number of amides is 1. The molecule has 0 saturated carbocycles. The Balaban J connectivity index is 1.95. The van der Waals surface area contributed by atoms with Crippen molar-refractivity contribution in [3.8, 4) is 0 Å². The highest BCUT2D eigenvalue weighted by Gasteiger charge is 2.25. The maximum Gasteiger partial charge on any atom is 0.245 e. The Bertz CT molecular complexity index is 687. The molecule has 2 aromatic heterocycles. The van der Waals surface area contributed by atoms with Crippen LogP contribution in [0.2, 0.25) is 0 Å². The van der Waals surface area contributed by atoms with E-state index in [1.165, 1.54) is 0 Å². The normalized spacial score (nSPS) is 17.4.